The molecule has 6 heteroatoms. The summed E-state index contributed by atoms with van der Waals surface area (Å²) in [5.74, 6) is 1.74. The molecule has 4 heterocycles. The van der Waals surface area contributed by atoms with Gasteiger partial charge in [0.15, 0.2) is 5.82 Å². The number of fused-ring (bicyclic) bond motifs is 9. The fourth-order valence-electron chi connectivity index (χ4n) is 8.61. The quantitative estimate of drug-likeness (QED) is 0.176. The first-order chi connectivity index (χ1) is 28.3. The third-order valence-electron chi connectivity index (χ3n) is 11.2. The first kappa shape index (κ1) is 31.9. The van der Waals surface area contributed by atoms with E-state index in [1.165, 1.54) is 31.3 Å². The van der Waals surface area contributed by atoms with Crippen molar-refractivity contribution in [3.8, 4) is 45.5 Å². The number of nitrogens with zero attached hydrogens (tertiary/aromatic N) is 5. The van der Waals surface area contributed by atoms with Crippen molar-refractivity contribution in [2.45, 2.75) is 0 Å². The second-order valence-electron chi connectivity index (χ2n) is 14.4. The van der Waals surface area contributed by atoms with E-state index in [1.54, 1.807) is 0 Å². The Bertz CT molecular complexity index is 3300. The van der Waals surface area contributed by atoms with E-state index in [1.807, 2.05) is 11.3 Å². The Morgan fingerprint density at radius 2 is 0.789 bits per heavy atom. The smallest absolute Gasteiger partial charge is 0.240 e. The van der Waals surface area contributed by atoms with Gasteiger partial charge in [-0.05, 0) is 58.7 Å². The van der Waals surface area contributed by atoms with Gasteiger partial charge in [-0.25, -0.2) is 0 Å². The Balaban J connectivity index is 1.03. The molecule has 57 heavy (non-hydrogen) atoms. The zero-order valence-electron chi connectivity index (χ0n) is 30.5. The molecule has 266 valence electrons. The average Bonchev–Trinajstić information content (AvgIpc) is 3.94. The summed E-state index contributed by atoms with van der Waals surface area (Å²) in [6.45, 7) is 0. The summed E-state index contributed by atoms with van der Waals surface area (Å²) in [5.41, 5.74) is 9.78. The predicted molar refractivity (Wildman–Crippen MR) is 238 cm³/mol. The summed E-state index contributed by atoms with van der Waals surface area (Å²) in [4.78, 5) is 15.9. The molecule has 0 amide bonds. The van der Waals surface area contributed by atoms with Gasteiger partial charge in [-0.3, -0.25) is 9.13 Å². The SMILES string of the molecule is c1cc(-c2ccc(-c3cccc4c3sc3ccccc34)cc2)cc(-c2nc(-n3c4ccccc4c4ccccc43)nc(-n3c4ccccc4c4ccccc43)n2)c1. The van der Waals surface area contributed by atoms with Crippen molar-refractivity contribution < 1.29 is 0 Å². The highest BCUT2D eigenvalue weighted by Crippen LogP contribution is 2.41. The molecule has 0 spiro atoms. The standard InChI is InChI=1S/C51H31N5S/c1-6-22-43-37(15-1)38-16-2-7-23-44(38)55(43)50-52-49(53-51(54-50)56-45-24-8-3-17-39(45)40-18-4-9-25-46(40)56)35-14-11-13-34(31-35)32-27-29-33(30-28-32)36-20-12-21-42-41-19-5-10-26-47(41)57-48(36)42/h1-31H. The molecule has 0 saturated carbocycles. The van der Waals surface area contributed by atoms with Gasteiger partial charge in [-0.1, -0.05) is 152 Å². The molecule has 0 radical (unpaired) electrons. The number of thiophene rings is 1. The lowest BCUT2D eigenvalue weighted by Gasteiger charge is -2.13. The minimum atomic E-state index is 0.569. The molecule has 0 aliphatic carbocycles. The summed E-state index contributed by atoms with van der Waals surface area (Å²) in [6.07, 6.45) is 0. The summed E-state index contributed by atoms with van der Waals surface area (Å²) >= 11 is 1.86. The van der Waals surface area contributed by atoms with Gasteiger partial charge in [-0.15, -0.1) is 11.3 Å². The van der Waals surface area contributed by atoms with Crippen LogP contribution in [0.2, 0.25) is 0 Å². The van der Waals surface area contributed by atoms with E-state index in [-0.39, 0.29) is 0 Å². The van der Waals surface area contributed by atoms with Gasteiger partial charge >= 0.3 is 0 Å². The Kier molecular flexibility index (Phi) is 7.03. The molecule has 0 fully saturated rings. The van der Waals surface area contributed by atoms with Crippen LogP contribution < -0.4 is 0 Å². The average molecular weight is 746 g/mol. The molecular weight excluding hydrogens is 715 g/mol. The monoisotopic (exact) mass is 745 g/mol. The van der Waals surface area contributed by atoms with E-state index in [2.05, 4.69) is 197 Å². The fraction of sp³-hybridized carbons (Fsp3) is 0. The lowest BCUT2D eigenvalue weighted by molar-refractivity contribution is 0.893. The molecule has 0 aliphatic rings. The Labute approximate surface area is 331 Å². The molecule has 5 nitrogen and oxygen atoms in total. The molecule has 0 aliphatic heterocycles. The normalized spacial score (nSPS) is 11.9. The highest BCUT2D eigenvalue weighted by Gasteiger charge is 2.20. The number of aromatic nitrogens is 5. The molecule has 0 saturated heterocycles. The minimum absolute atomic E-state index is 0.569. The number of hydrogen-bond acceptors (Lipinski definition) is 4. The van der Waals surface area contributed by atoms with Gasteiger partial charge < -0.3 is 0 Å². The largest absolute Gasteiger partial charge is 0.278 e. The van der Waals surface area contributed by atoms with E-state index in [4.69, 9.17) is 15.0 Å². The summed E-state index contributed by atoms with van der Waals surface area (Å²) in [7, 11) is 0. The molecule has 4 aromatic heterocycles. The predicted octanol–water partition coefficient (Wildman–Crippen LogP) is 13.4. The molecule has 0 atom stereocenters. The van der Waals surface area contributed by atoms with Crippen LogP contribution in [0.1, 0.15) is 0 Å². The third-order valence-corrected chi connectivity index (χ3v) is 12.4. The third kappa shape index (κ3) is 4.98. The van der Waals surface area contributed by atoms with Gasteiger partial charge in [0.25, 0.3) is 0 Å². The maximum Gasteiger partial charge on any atom is 0.240 e. The van der Waals surface area contributed by atoms with Crippen molar-refractivity contribution >= 4 is 75.1 Å². The van der Waals surface area contributed by atoms with Crippen molar-refractivity contribution in [3.05, 3.63) is 188 Å². The summed E-state index contributed by atoms with van der Waals surface area (Å²) < 4.78 is 6.98. The highest BCUT2D eigenvalue weighted by molar-refractivity contribution is 7.26. The van der Waals surface area contributed by atoms with Crippen LogP contribution in [0.5, 0.6) is 0 Å². The van der Waals surface area contributed by atoms with Gasteiger partial charge in [0.05, 0.1) is 22.1 Å². The lowest BCUT2D eigenvalue weighted by Crippen LogP contribution is -2.10. The number of para-hydroxylation sites is 4. The molecule has 0 unspecified atom stereocenters. The van der Waals surface area contributed by atoms with Crippen molar-refractivity contribution in [3.63, 3.8) is 0 Å². The van der Waals surface area contributed by atoms with Crippen LogP contribution in [0.4, 0.5) is 0 Å². The van der Waals surface area contributed by atoms with E-state index in [0.717, 1.165) is 60.3 Å². The Morgan fingerprint density at radius 3 is 1.37 bits per heavy atom. The van der Waals surface area contributed by atoms with Crippen molar-refractivity contribution in [2.24, 2.45) is 0 Å². The van der Waals surface area contributed by atoms with Gasteiger partial charge in [0, 0.05) is 47.3 Å². The van der Waals surface area contributed by atoms with Gasteiger partial charge in [-0.2, -0.15) is 15.0 Å². The molecule has 0 bridgehead atoms. The second-order valence-corrected chi connectivity index (χ2v) is 15.5. The first-order valence-electron chi connectivity index (χ1n) is 19.1. The van der Waals surface area contributed by atoms with Crippen molar-refractivity contribution in [1.29, 1.82) is 0 Å². The fourth-order valence-corrected chi connectivity index (χ4v) is 9.85. The topological polar surface area (TPSA) is 48.5 Å². The van der Waals surface area contributed by atoms with Crippen molar-refractivity contribution in [2.75, 3.05) is 0 Å². The maximum absolute atomic E-state index is 5.30. The maximum atomic E-state index is 5.30. The molecule has 0 N–H and O–H groups in total. The first-order valence-corrected chi connectivity index (χ1v) is 19.9. The van der Waals surface area contributed by atoms with Crippen LogP contribution in [-0.4, -0.2) is 24.1 Å². The molecule has 12 aromatic rings. The van der Waals surface area contributed by atoms with E-state index in [0.29, 0.717) is 17.7 Å². The Hall–Kier alpha value is -7.41. The zero-order chi connectivity index (χ0) is 37.5. The summed E-state index contributed by atoms with van der Waals surface area (Å²) in [6, 6.07) is 66.7. The lowest BCUT2D eigenvalue weighted by atomic mass is 9.98. The molecule has 12 rings (SSSR count). The second kappa shape index (κ2) is 12.6. The van der Waals surface area contributed by atoms with E-state index in [9.17, 15) is 0 Å². The number of benzene rings is 8. The van der Waals surface area contributed by atoms with Crippen LogP contribution in [0.15, 0.2) is 188 Å². The number of rotatable bonds is 5. The zero-order valence-corrected chi connectivity index (χ0v) is 31.4. The van der Waals surface area contributed by atoms with Crippen LogP contribution >= 0.6 is 11.3 Å². The van der Waals surface area contributed by atoms with Crippen LogP contribution in [-0.2, 0) is 0 Å². The van der Waals surface area contributed by atoms with Crippen LogP contribution in [0.3, 0.4) is 0 Å². The van der Waals surface area contributed by atoms with Crippen molar-refractivity contribution in [1.82, 2.24) is 24.1 Å². The van der Waals surface area contributed by atoms with E-state index < -0.39 is 0 Å². The number of hydrogen-bond donors (Lipinski definition) is 0. The highest BCUT2D eigenvalue weighted by atomic mass is 32.1. The Morgan fingerprint density at radius 1 is 0.333 bits per heavy atom. The van der Waals surface area contributed by atoms with Crippen LogP contribution in [0.25, 0.3) is 109 Å². The van der Waals surface area contributed by atoms with Gasteiger partial charge in [0.2, 0.25) is 11.9 Å². The van der Waals surface area contributed by atoms with Crippen LogP contribution in [0, 0.1) is 0 Å². The minimum Gasteiger partial charge on any atom is -0.278 e. The molecule has 8 aromatic carbocycles. The van der Waals surface area contributed by atoms with Gasteiger partial charge in [0.1, 0.15) is 0 Å². The van der Waals surface area contributed by atoms with E-state index >= 15 is 0 Å². The molecular formula is C51H31N5S. The summed E-state index contributed by atoms with van der Waals surface area (Å²) in [5, 5.41) is 7.24.